The molecule has 436 valence electrons. The highest BCUT2D eigenvalue weighted by Crippen LogP contribution is 2.19. The van der Waals surface area contributed by atoms with Gasteiger partial charge in [-0.2, -0.15) is 0 Å². The Labute approximate surface area is 509 Å². The van der Waals surface area contributed by atoms with Gasteiger partial charge in [0.2, 0.25) is 24.8 Å². The number of nitrogens with one attached hydrogen (secondary N) is 1. The number of imidazole rings is 1. The van der Waals surface area contributed by atoms with Gasteiger partial charge < -0.3 is 4.98 Å². The Hall–Kier alpha value is -10.4. The summed E-state index contributed by atoms with van der Waals surface area (Å²) in [5.74, 6) is 0. The molecule has 0 radical (unpaired) electrons. The molecular weight excluding hydrogens is 1080 g/mol. The van der Waals surface area contributed by atoms with Gasteiger partial charge >= 0.3 is 0 Å². The van der Waals surface area contributed by atoms with E-state index in [-0.39, 0.29) is 0 Å². The Morgan fingerprint density at radius 2 is 1.01 bits per heavy atom. The standard InChI is InChI=1S/C11H10.C10H9N.C8H8N2.C8H7NS.2C6H8NO.3C6H7N.C5H6N2/c1-9-6-7-10-4-2-3-5-11(10)8-9;1-8-10-5-3-2-4-9(10)6-7-11-8;2*1-6-2-3-7-8(4-6)10-5-9-7;1-6-2-4-7(8)5-3-6;1-6-3-2-4-7(8)5-6;1-6-2-4-7-5-3-6;1-6-3-2-4-7-5-6;1-6-4-2-3-5-7-6;1-5-4-6-2-3-7-5/h2-8H,1H3;2-7H,1H3;2-5H,1H3,(H,9,10);2-5H,1H3;2*2-5,8H,1H3;3*2-5H,1H3;2-4H,1H3/q;;;;2*+1;;;;. The topological polar surface area (TPSA) is 167 Å². The van der Waals surface area contributed by atoms with Crippen LogP contribution in [0.1, 0.15) is 56.0 Å². The fourth-order valence-electron chi connectivity index (χ4n) is 7.36. The average molecular weight is 1160 g/mol. The van der Waals surface area contributed by atoms with Crippen LogP contribution in [0.15, 0.2) is 268 Å². The molecule has 0 aliphatic carbocycles. The molecule has 0 spiro atoms. The number of benzene rings is 5. The van der Waals surface area contributed by atoms with E-state index in [1.807, 2.05) is 151 Å². The first-order chi connectivity index (χ1) is 41.6. The summed E-state index contributed by atoms with van der Waals surface area (Å²) in [5.41, 5.74) is 16.8. The second kappa shape index (κ2) is 37.6. The minimum absolute atomic E-state index is 0.961. The molecule has 86 heavy (non-hydrogen) atoms. The van der Waals surface area contributed by atoms with Crippen molar-refractivity contribution in [2.45, 2.75) is 69.2 Å². The van der Waals surface area contributed by atoms with E-state index in [1.165, 1.54) is 54.1 Å². The molecular formula is C72H77N11O2S+2. The van der Waals surface area contributed by atoms with Crippen molar-refractivity contribution in [2.24, 2.45) is 0 Å². The first-order valence-electron chi connectivity index (χ1n) is 27.7. The van der Waals surface area contributed by atoms with Crippen LogP contribution in [0, 0.1) is 69.2 Å². The number of aryl methyl sites for hydroxylation is 10. The summed E-state index contributed by atoms with van der Waals surface area (Å²) in [6, 6.07) is 58.8. The molecule has 14 rings (SSSR count). The van der Waals surface area contributed by atoms with Crippen molar-refractivity contribution in [3.05, 3.63) is 324 Å². The molecule has 13 nitrogen and oxygen atoms in total. The van der Waals surface area contributed by atoms with E-state index in [2.05, 4.69) is 151 Å². The van der Waals surface area contributed by atoms with Crippen LogP contribution < -0.4 is 9.46 Å². The molecule has 14 aromatic rings. The van der Waals surface area contributed by atoms with Crippen LogP contribution in [-0.4, -0.2) is 55.3 Å². The van der Waals surface area contributed by atoms with Gasteiger partial charge in [-0.25, -0.2) is 9.97 Å². The van der Waals surface area contributed by atoms with Gasteiger partial charge in [0, 0.05) is 106 Å². The van der Waals surface area contributed by atoms with Crippen molar-refractivity contribution in [2.75, 3.05) is 0 Å². The zero-order chi connectivity index (χ0) is 61.7. The lowest BCUT2D eigenvalue weighted by Gasteiger charge is -1.97. The predicted octanol–water partition coefficient (Wildman–Crippen LogP) is 16.2. The predicted molar refractivity (Wildman–Crippen MR) is 351 cm³/mol. The van der Waals surface area contributed by atoms with Crippen LogP contribution in [0.3, 0.4) is 0 Å². The smallest absolute Gasteiger partial charge is 0.225 e. The molecule has 0 fully saturated rings. The van der Waals surface area contributed by atoms with E-state index in [9.17, 15) is 0 Å². The van der Waals surface area contributed by atoms with Gasteiger partial charge in [-0.05, 0) is 180 Å². The molecule has 0 amide bonds. The number of hydrogen-bond donors (Lipinski definition) is 3. The molecule has 5 aromatic carbocycles. The Morgan fingerprint density at radius 1 is 0.372 bits per heavy atom. The number of nitrogens with zero attached hydrogens (tertiary/aromatic N) is 10. The van der Waals surface area contributed by atoms with Gasteiger partial charge in [-0.15, -0.1) is 11.3 Å². The minimum atomic E-state index is 0.961. The fraction of sp³-hybridized carbons (Fsp3) is 0.139. The number of fused-ring (bicyclic) bond motifs is 4. The third-order valence-corrected chi connectivity index (χ3v) is 12.7. The molecule has 9 aromatic heterocycles. The van der Waals surface area contributed by atoms with Gasteiger partial charge in [0.25, 0.3) is 0 Å². The number of pyridine rings is 6. The van der Waals surface area contributed by atoms with Gasteiger partial charge in [0.1, 0.15) is 0 Å². The number of hydrogen-bond acceptors (Lipinski definition) is 11. The highest BCUT2D eigenvalue weighted by atomic mass is 32.1. The lowest BCUT2D eigenvalue weighted by molar-refractivity contribution is -0.905. The minimum Gasteiger partial charge on any atom is -0.345 e. The largest absolute Gasteiger partial charge is 0.345 e. The SMILES string of the molecule is Cc1cc[n+](O)cc1.Cc1ccc2ccccc2c1.Cc1ccc2nc[nH]c2c1.Cc1ccc2ncsc2c1.Cc1ccc[n+](O)c1.Cc1ccccn1.Cc1cccnc1.Cc1ccncc1.Cc1cnccn1.Cc1nccc2ccccc12. The van der Waals surface area contributed by atoms with E-state index >= 15 is 0 Å². The lowest BCUT2D eigenvalue weighted by atomic mass is 10.1. The van der Waals surface area contributed by atoms with E-state index in [0.717, 1.165) is 54.2 Å². The molecule has 0 bridgehead atoms. The Bertz CT molecular complexity index is 3820. The second-order valence-corrected chi connectivity index (χ2v) is 20.5. The van der Waals surface area contributed by atoms with Gasteiger partial charge in [0.05, 0.1) is 38.8 Å². The number of aromatic nitrogens is 11. The van der Waals surface area contributed by atoms with Crippen molar-refractivity contribution in [1.82, 2.24) is 44.9 Å². The molecule has 0 unspecified atom stereocenters. The lowest BCUT2D eigenvalue weighted by Crippen LogP contribution is -2.28. The Kier molecular flexibility index (Phi) is 29.0. The maximum Gasteiger partial charge on any atom is 0.225 e. The van der Waals surface area contributed by atoms with Crippen molar-refractivity contribution in [3.63, 3.8) is 0 Å². The molecule has 0 aliphatic heterocycles. The summed E-state index contributed by atoms with van der Waals surface area (Å²) >= 11 is 1.69. The molecule has 3 N–H and O–H groups in total. The third kappa shape index (κ3) is 26.6. The highest BCUT2D eigenvalue weighted by molar-refractivity contribution is 7.16. The number of H-pyrrole nitrogens is 1. The van der Waals surface area contributed by atoms with Crippen LogP contribution in [0.2, 0.25) is 0 Å². The molecule has 14 heteroatoms. The van der Waals surface area contributed by atoms with E-state index < -0.39 is 0 Å². The van der Waals surface area contributed by atoms with Crippen molar-refractivity contribution < 1.29 is 19.9 Å². The summed E-state index contributed by atoms with van der Waals surface area (Å²) in [6.07, 6.45) is 24.0. The number of thiazole rings is 1. The van der Waals surface area contributed by atoms with Gasteiger partial charge in [0.15, 0.2) is 0 Å². The van der Waals surface area contributed by atoms with Crippen molar-refractivity contribution >= 4 is 54.1 Å². The summed E-state index contributed by atoms with van der Waals surface area (Å²) in [4.78, 5) is 35.0. The van der Waals surface area contributed by atoms with E-state index in [0.29, 0.717) is 0 Å². The summed E-state index contributed by atoms with van der Waals surface area (Å²) in [7, 11) is 0. The number of aromatic amines is 1. The normalized spacial score (nSPS) is 9.60. The summed E-state index contributed by atoms with van der Waals surface area (Å²) in [6.45, 7) is 20.2. The zero-order valence-corrected chi connectivity index (χ0v) is 51.5. The Balaban J connectivity index is 0.000000175. The Morgan fingerprint density at radius 3 is 1.57 bits per heavy atom. The van der Waals surface area contributed by atoms with Crippen LogP contribution in [0.5, 0.6) is 0 Å². The van der Waals surface area contributed by atoms with Crippen LogP contribution >= 0.6 is 11.3 Å². The van der Waals surface area contributed by atoms with Gasteiger partial charge in [-0.3, -0.25) is 40.3 Å². The zero-order valence-electron chi connectivity index (χ0n) is 50.7. The third-order valence-electron chi connectivity index (χ3n) is 11.9. The second-order valence-electron chi connectivity index (χ2n) is 19.6. The maximum atomic E-state index is 8.73. The molecule has 0 saturated heterocycles. The molecule has 0 saturated carbocycles. The van der Waals surface area contributed by atoms with Crippen molar-refractivity contribution in [1.29, 1.82) is 0 Å². The first-order valence-corrected chi connectivity index (χ1v) is 28.6. The summed E-state index contributed by atoms with van der Waals surface area (Å²) < 4.78 is 3.34. The van der Waals surface area contributed by atoms with E-state index in [1.54, 1.807) is 91.9 Å². The van der Waals surface area contributed by atoms with Crippen LogP contribution in [0.25, 0.3) is 42.8 Å². The number of rotatable bonds is 0. The first kappa shape index (κ1) is 66.4. The average Bonchev–Trinajstić information content (AvgIpc) is 4.36. The molecule has 0 atom stereocenters. The quantitative estimate of drug-likeness (QED) is 0.0982. The van der Waals surface area contributed by atoms with Crippen LogP contribution in [0.4, 0.5) is 0 Å². The summed E-state index contributed by atoms with van der Waals surface area (Å²) in [5, 5.41) is 22.6. The molecule has 0 aliphatic rings. The fourth-order valence-corrected chi connectivity index (χ4v) is 8.13. The maximum absolute atomic E-state index is 8.73. The van der Waals surface area contributed by atoms with E-state index in [4.69, 9.17) is 10.4 Å². The van der Waals surface area contributed by atoms with Gasteiger partial charge in [-0.1, -0.05) is 96.6 Å². The van der Waals surface area contributed by atoms with Crippen molar-refractivity contribution in [3.8, 4) is 0 Å². The highest BCUT2D eigenvalue weighted by Gasteiger charge is 1.97. The monoisotopic (exact) mass is 1160 g/mol. The van der Waals surface area contributed by atoms with Crippen LogP contribution in [-0.2, 0) is 0 Å². The molecule has 9 heterocycles.